The summed E-state index contributed by atoms with van der Waals surface area (Å²) < 4.78 is 66.3. The van der Waals surface area contributed by atoms with Gasteiger partial charge in [0.15, 0.2) is 17.5 Å². The Labute approximate surface area is 141 Å². The van der Waals surface area contributed by atoms with E-state index in [0.29, 0.717) is 6.07 Å². The predicted molar refractivity (Wildman–Crippen MR) is 84.1 cm³/mol. The summed E-state index contributed by atoms with van der Waals surface area (Å²) in [7, 11) is -4.29. The second-order valence-electron chi connectivity index (χ2n) is 5.60. The molecule has 2 aromatic carbocycles. The Hall–Kier alpha value is -2.55. The molecular weight excluding hydrogens is 357 g/mol. The molecule has 1 aliphatic carbocycles. The fourth-order valence-electron chi connectivity index (χ4n) is 2.11. The maximum atomic E-state index is 13.7. The molecule has 0 saturated heterocycles. The summed E-state index contributed by atoms with van der Waals surface area (Å²) in [6.45, 7) is 0. The SMILES string of the molecule is O=C(NC1CC1)c1cccc(S(=O)(=O)Nc2ccc(F)c(F)c2F)c1. The monoisotopic (exact) mass is 370 g/mol. The van der Waals surface area contributed by atoms with E-state index in [-0.39, 0.29) is 16.5 Å². The highest BCUT2D eigenvalue weighted by atomic mass is 32.2. The van der Waals surface area contributed by atoms with Crippen molar-refractivity contribution in [2.75, 3.05) is 4.72 Å². The van der Waals surface area contributed by atoms with Crippen LogP contribution in [0.4, 0.5) is 18.9 Å². The Bertz CT molecular complexity index is 944. The van der Waals surface area contributed by atoms with E-state index in [0.717, 1.165) is 25.0 Å². The molecule has 0 atom stereocenters. The molecule has 2 N–H and O–H groups in total. The number of amides is 1. The van der Waals surface area contributed by atoms with Crippen molar-refractivity contribution in [1.82, 2.24) is 5.32 Å². The van der Waals surface area contributed by atoms with Gasteiger partial charge in [0, 0.05) is 11.6 Å². The van der Waals surface area contributed by atoms with Crippen molar-refractivity contribution in [2.24, 2.45) is 0 Å². The average molecular weight is 370 g/mol. The molecule has 132 valence electrons. The Kier molecular flexibility index (Phi) is 4.42. The van der Waals surface area contributed by atoms with Gasteiger partial charge in [0.2, 0.25) is 0 Å². The zero-order valence-electron chi connectivity index (χ0n) is 12.7. The van der Waals surface area contributed by atoms with E-state index in [1.807, 2.05) is 4.72 Å². The number of hydrogen-bond acceptors (Lipinski definition) is 3. The lowest BCUT2D eigenvalue weighted by atomic mass is 10.2. The van der Waals surface area contributed by atoms with E-state index in [4.69, 9.17) is 0 Å². The number of benzene rings is 2. The van der Waals surface area contributed by atoms with Gasteiger partial charge >= 0.3 is 0 Å². The molecule has 0 bridgehead atoms. The zero-order valence-corrected chi connectivity index (χ0v) is 13.5. The van der Waals surface area contributed by atoms with Crippen molar-refractivity contribution in [1.29, 1.82) is 0 Å². The van der Waals surface area contributed by atoms with Crippen LogP contribution in [-0.2, 0) is 10.0 Å². The highest BCUT2D eigenvalue weighted by Crippen LogP contribution is 2.24. The van der Waals surface area contributed by atoms with Crippen molar-refractivity contribution < 1.29 is 26.4 Å². The summed E-state index contributed by atoms with van der Waals surface area (Å²) in [4.78, 5) is 11.7. The van der Waals surface area contributed by atoms with Gasteiger partial charge in [0.05, 0.1) is 10.6 Å². The summed E-state index contributed by atoms with van der Waals surface area (Å²) in [5, 5.41) is 2.72. The molecule has 25 heavy (non-hydrogen) atoms. The lowest BCUT2D eigenvalue weighted by Crippen LogP contribution is -2.25. The smallest absolute Gasteiger partial charge is 0.262 e. The van der Waals surface area contributed by atoms with Crippen LogP contribution in [0.1, 0.15) is 23.2 Å². The van der Waals surface area contributed by atoms with Gasteiger partial charge in [-0.3, -0.25) is 9.52 Å². The second kappa shape index (κ2) is 6.40. The third-order valence-corrected chi connectivity index (χ3v) is 4.96. The summed E-state index contributed by atoms with van der Waals surface area (Å²) >= 11 is 0. The number of rotatable bonds is 5. The minimum atomic E-state index is -4.29. The number of anilines is 1. The first-order valence-electron chi connectivity index (χ1n) is 7.35. The molecule has 0 heterocycles. The molecule has 9 heteroatoms. The molecular formula is C16H13F3N2O3S. The van der Waals surface area contributed by atoms with Crippen molar-refractivity contribution in [3.63, 3.8) is 0 Å². The molecule has 0 unspecified atom stereocenters. The predicted octanol–water partition coefficient (Wildman–Crippen LogP) is 2.80. The first kappa shape index (κ1) is 17.3. The van der Waals surface area contributed by atoms with Crippen LogP contribution in [0.3, 0.4) is 0 Å². The Morgan fingerprint density at radius 1 is 1.04 bits per heavy atom. The molecule has 0 aromatic heterocycles. The van der Waals surface area contributed by atoms with E-state index in [2.05, 4.69) is 5.32 Å². The minimum Gasteiger partial charge on any atom is -0.349 e. The van der Waals surface area contributed by atoms with Gasteiger partial charge in [-0.25, -0.2) is 21.6 Å². The fourth-order valence-corrected chi connectivity index (χ4v) is 3.21. The molecule has 0 aliphatic heterocycles. The van der Waals surface area contributed by atoms with Crippen LogP contribution in [0.5, 0.6) is 0 Å². The van der Waals surface area contributed by atoms with Gasteiger partial charge in [0.1, 0.15) is 0 Å². The maximum Gasteiger partial charge on any atom is 0.262 e. The Morgan fingerprint density at radius 3 is 2.44 bits per heavy atom. The van der Waals surface area contributed by atoms with Crippen LogP contribution in [0.2, 0.25) is 0 Å². The van der Waals surface area contributed by atoms with E-state index in [1.165, 1.54) is 18.2 Å². The lowest BCUT2D eigenvalue weighted by molar-refractivity contribution is 0.0951. The number of halogens is 3. The van der Waals surface area contributed by atoms with Gasteiger partial charge in [-0.2, -0.15) is 0 Å². The molecule has 2 aromatic rings. The zero-order chi connectivity index (χ0) is 18.2. The molecule has 1 fully saturated rings. The van der Waals surface area contributed by atoms with Gasteiger partial charge in [-0.1, -0.05) is 6.07 Å². The molecule has 1 saturated carbocycles. The van der Waals surface area contributed by atoms with Gasteiger partial charge in [0.25, 0.3) is 15.9 Å². The van der Waals surface area contributed by atoms with Crippen molar-refractivity contribution in [3.8, 4) is 0 Å². The molecule has 0 spiro atoms. The molecule has 1 aliphatic rings. The molecule has 5 nitrogen and oxygen atoms in total. The quantitative estimate of drug-likeness (QED) is 0.795. The Morgan fingerprint density at radius 2 is 1.76 bits per heavy atom. The fraction of sp³-hybridized carbons (Fsp3) is 0.188. The van der Waals surface area contributed by atoms with Crippen LogP contribution >= 0.6 is 0 Å². The number of sulfonamides is 1. The number of carbonyl (C=O) groups is 1. The van der Waals surface area contributed by atoms with E-state index in [9.17, 15) is 26.4 Å². The number of nitrogens with one attached hydrogen (secondary N) is 2. The third-order valence-electron chi connectivity index (χ3n) is 3.60. The normalized spacial score (nSPS) is 14.2. The Balaban J connectivity index is 1.87. The second-order valence-corrected chi connectivity index (χ2v) is 7.29. The summed E-state index contributed by atoms with van der Waals surface area (Å²) in [5.41, 5.74) is -0.604. The van der Waals surface area contributed by atoms with Gasteiger partial charge < -0.3 is 5.32 Å². The first-order valence-corrected chi connectivity index (χ1v) is 8.83. The van der Waals surface area contributed by atoms with Gasteiger partial charge in [-0.15, -0.1) is 0 Å². The van der Waals surface area contributed by atoms with Gasteiger partial charge in [-0.05, 0) is 43.2 Å². The largest absolute Gasteiger partial charge is 0.349 e. The lowest BCUT2D eigenvalue weighted by Gasteiger charge is -2.11. The van der Waals surface area contributed by atoms with Crippen molar-refractivity contribution in [2.45, 2.75) is 23.8 Å². The van der Waals surface area contributed by atoms with Crippen molar-refractivity contribution in [3.05, 3.63) is 59.4 Å². The van der Waals surface area contributed by atoms with Crippen LogP contribution in [-0.4, -0.2) is 20.4 Å². The maximum absolute atomic E-state index is 13.7. The molecule has 0 radical (unpaired) electrons. The summed E-state index contributed by atoms with van der Waals surface area (Å²) in [6, 6.07) is 6.60. The summed E-state index contributed by atoms with van der Waals surface area (Å²) in [5.74, 6) is -5.28. The topological polar surface area (TPSA) is 75.3 Å². The highest BCUT2D eigenvalue weighted by Gasteiger charge is 2.25. The summed E-state index contributed by atoms with van der Waals surface area (Å²) in [6.07, 6.45) is 1.75. The molecule has 3 rings (SSSR count). The standard InChI is InChI=1S/C16H13F3N2O3S/c17-12-6-7-13(15(19)14(12)18)21-25(23,24)11-3-1-2-9(8-11)16(22)20-10-4-5-10/h1-3,6-8,10,21H,4-5H2,(H,20,22). The van der Waals surface area contributed by atoms with Crippen LogP contribution in [0, 0.1) is 17.5 Å². The molecule has 1 amide bonds. The van der Waals surface area contributed by atoms with E-state index >= 15 is 0 Å². The van der Waals surface area contributed by atoms with E-state index < -0.39 is 39.1 Å². The third kappa shape index (κ3) is 3.76. The van der Waals surface area contributed by atoms with E-state index in [1.54, 1.807) is 0 Å². The number of hydrogen-bond donors (Lipinski definition) is 2. The number of carbonyl (C=O) groups excluding carboxylic acids is 1. The van der Waals surface area contributed by atoms with Crippen molar-refractivity contribution >= 4 is 21.6 Å². The minimum absolute atomic E-state index is 0.0992. The highest BCUT2D eigenvalue weighted by molar-refractivity contribution is 7.92. The first-order chi connectivity index (χ1) is 11.8. The van der Waals surface area contributed by atoms with Crippen LogP contribution in [0.15, 0.2) is 41.3 Å². The van der Waals surface area contributed by atoms with Crippen LogP contribution < -0.4 is 10.0 Å². The average Bonchev–Trinajstić information content (AvgIpc) is 3.39. The van der Waals surface area contributed by atoms with Crippen LogP contribution in [0.25, 0.3) is 0 Å².